The Kier molecular flexibility index (Phi) is 7.07. The standard InChI is InChI=1S/C24H27ClN4O/c25-22-8-6-21(7-9-22)24-26-14-20(15-27-24)16-28-11-12-29(23(18-28)10-13-30)17-19-4-2-1-3-5-19/h1-9,14-15,23,30H,10-13,16-18H2. The SMILES string of the molecule is OCCC1CN(Cc2cnc(-c3ccc(Cl)cc3)nc2)CCN1Cc1ccccc1. The molecule has 1 fully saturated rings. The van der Waals surface area contributed by atoms with Crippen molar-refractivity contribution in [1.82, 2.24) is 19.8 Å². The van der Waals surface area contributed by atoms with E-state index in [-0.39, 0.29) is 6.61 Å². The summed E-state index contributed by atoms with van der Waals surface area (Å²) in [6.45, 7) is 4.88. The van der Waals surface area contributed by atoms with Gasteiger partial charge < -0.3 is 5.11 Å². The second-order valence-corrected chi connectivity index (χ2v) is 8.22. The van der Waals surface area contributed by atoms with Crippen LogP contribution in [0.25, 0.3) is 11.4 Å². The van der Waals surface area contributed by atoms with Crippen molar-refractivity contribution >= 4 is 11.6 Å². The smallest absolute Gasteiger partial charge is 0.159 e. The summed E-state index contributed by atoms with van der Waals surface area (Å²) in [4.78, 5) is 14.0. The van der Waals surface area contributed by atoms with Crippen LogP contribution in [-0.2, 0) is 13.1 Å². The van der Waals surface area contributed by atoms with Gasteiger partial charge >= 0.3 is 0 Å². The molecule has 30 heavy (non-hydrogen) atoms. The van der Waals surface area contributed by atoms with Crippen LogP contribution in [0.3, 0.4) is 0 Å². The fourth-order valence-electron chi connectivity index (χ4n) is 3.99. The predicted octanol–water partition coefficient (Wildman–Crippen LogP) is 3.87. The van der Waals surface area contributed by atoms with Crippen molar-refractivity contribution in [2.24, 2.45) is 0 Å². The Bertz CT molecular complexity index is 918. The van der Waals surface area contributed by atoms with Gasteiger partial charge in [-0.15, -0.1) is 0 Å². The van der Waals surface area contributed by atoms with Gasteiger partial charge in [0.05, 0.1) is 0 Å². The molecular weight excluding hydrogens is 396 g/mol. The third-order valence-corrected chi connectivity index (χ3v) is 5.85. The Morgan fingerprint density at radius 3 is 2.33 bits per heavy atom. The first-order valence-corrected chi connectivity index (χ1v) is 10.8. The number of nitrogens with zero attached hydrogens (tertiary/aromatic N) is 4. The molecule has 1 saturated heterocycles. The second-order valence-electron chi connectivity index (χ2n) is 7.78. The van der Waals surface area contributed by atoms with E-state index in [1.807, 2.05) is 42.7 Å². The molecule has 0 amide bonds. The second kappa shape index (κ2) is 10.1. The molecule has 0 radical (unpaired) electrons. The lowest BCUT2D eigenvalue weighted by molar-refractivity contribution is 0.0499. The van der Waals surface area contributed by atoms with E-state index in [0.717, 1.165) is 50.3 Å². The molecule has 1 aliphatic rings. The first-order chi connectivity index (χ1) is 14.7. The minimum absolute atomic E-state index is 0.211. The number of aliphatic hydroxyl groups excluding tert-OH is 1. The Balaban J connectivity index is 1.37. The topological polar surface area (TPSA) is 52.5 Å². The van der Waals surface area contributed by atoms with E-state index in [4.69, 9.17) is 11.6 Å². The van der Waals surface area contributed by atoms with Crippen molar-refractivity contribution in [2.75, 3.05) is 26.2 Å². The van der Waals surface area contributed by atoms with Crippen LogP contribution in [0, 0.1) is 0 Å². The Labute approximate surface area is 183 Å². The van der Waals surface area contributed by atoms with Gasteiger partial charge in [-0.1, -0.05) is 41.9 Å². The Hall–Kier alpha value is -2.31. The summed E-state index contributed by atoms with van der Waals surface area (Å²) in [6, 6.07) is 18.5. The van der Waals surface area contributed by atoms with Gasteiger partial charge in [0.15, 0.2) is 5.82 Å². The summed E-state index contributed by atoms with van der Waals surface area (Å²) in [7, 11) is 0. The monoisotopic (exact) mass is 422 g/mol. The maximum Gasteiger partial charge on any atom is 0.159 e. The third kappa shape index (κ3) is 5.43. The Morgan fingerprint density at radius 2 is 1.63 bits per heavy atom. The quantitative estimate of drug-likeness (QED) is 0.626. The molecule has 1 atom stereocenters. The van der Waals surface area contributed by atoms with Gasteiger partial charge in [-0.25, -0.2) is 9.97 Å². The highest BCUT2D eigenvalue weighted by Crippen LogP contribution is 2.20. The van der Waals surface area contributed by atoms with Crippen LogP contribution in [-0.4, -0.2) is 57.2 Å². The maximum atomic E-state index is 9.56. The summed E-state index contributed by atoms with van der Waals surface area (Å²) >= 11 is 5.96. The molecule has 5 nitrogen and oxygen atoms in total. The van der Waals surface area contributed by atoms with Crippen molar-refractivity contribution in [3.8, 4) is 11.4 Å². The maximum absolute atomic E-state index is 9.56. The molecule has 0 aliphatic carbocycles. The van der Waals surface area contributed by atoms with Gasteiger partial charge in [0.2, 0.25) is 0 Å². The molecule has 0 bridgehead atoms. The summed E-state index contributed by atoms with van der Waals surface area (Å²) in [6.07, 6.45) is 4.61. The lowest BCUT2D eigenvalue weighted by Crippen LogP contribution is -2.52. The summed E-state index contributed by atoms with van der Waals surface area (Å²) < 4.78 is 0. The minimum Gasteiger partial charge on any atom is -0.396 e. The average Bonchev–Trinajstić information content (AvgIpc) is 2.78. The van der Waals surface area contributed by atoms with Gasteiger partial charge in [0, 0.05) is 73.9 Å². The van der Waals surface area contributed by atoms with Gasteiger partial charge in [-0.2, -0.15) is 0 Å². The largest absolute Gasteiger partial charge is 0.396 e. The van der Waals surface area contributed by atoms with Crippen LogP contribution in [0.15, 0.2) is 67.0 Å². The number of aliphatic hydroxyl groups is 1. The number of hydrogen-bond acceptors (Lipinski definition) is 5. The Morgan fingerprint density at radius 1 is 0.900 bits per heavy atom. The number of piperazine rings is 1. The third-order valence-electron chi connectivity index (χ3n) is 5.59. The molecule has 3 aromatic rings. The summed E-state index contributed by atoms with van der Waals surface area (Å²) in [5.41, 5.74) is 3.38. The van der Waals surface area contributed by atoms with E-state index in [0.29, 0.717) is 16.9 Å². The molecule has 2 heterocycles. The number of rotatable bonds is 7. The molecule has 156 valence electrons. The molecule has 1 N–H and O–H groups in total. The van der Waals surface area contributed by atoms with Crippen molar-refractivity contribution in [3.05, 3.63) is 83.1 Å². The van der Waals surface area contributed by atoms with E-state index in [9.17, 15) is 5.11 Å². The molecule has 1 aliphatic heterocycles. The number of halogens is 1. The van der Waals surface area contributed by atoms with Gasteiger partial charge in [0.1, 0.15) is 0 Å². The molecule has 0 saturated carbocycles. The van der Waals surface area contributed by atoms with E-state index in [1.165, 1.54) is 5.56 Å². The molecule has 6 heteroatoms. The van der Waals surface area contributed by atoms with Gasteiger partial charge in [0.25, 0.3) is 0 Å². The molecule has 0 spiro atoms. The number of hydrogen-bond donors (Lipinski definition) is 1. The summed E-state index contributed by atoms with van der Waals surface area (Å²) in [5, 5.41) is 10.3. The van der Waals surface area contributed by atoms with E-state index in [1.54, 1.807) is 0 Å². The first kappa shape index (κ1) is 20.9. The van der Waals surface area contributed by atoms with Crippen LogP contribution >= 0.6 is 11.6 Å². The average molecular weight is 423 g/mol. The highest BCUT2D eigenvalue weighted by atomic mass is 35.5. The lowest BCUT2D eigenvalue weighted by atomic mass is 10.1. The van der Waals surface area contributed by atoms with Crippen molar-refractivity contribution in [2.45, 2.75) is 25.6 Å². The van der Waals surface area contributed by atoms with E-state index < -0.39 is 0 Å². The van der Waals surface area contributed by atoms with E-state index in [2.05, 4.69) is 44.0 Å². The van der Waals surface area contributed by atoms with Crippen LogP contribution in [0.4, 0.5) is 0 Å². The zero-order valence-electron chi connectivity index (χ0n) is 17.0. The van der Waals surface area contributed by atoms with Crippen LogP contribution in [0.2, 0.25) is 5.02 Å². The highest BCUT2D eigenvalue weighted by Gasteiger charge is 2.26. The molecule has 4 rings (SSSR count). The first-order valence-electron chi connectivity index (χ1n) is 10.4. The van der Waals surface area contributed by atoms with Crippen molar-refractivity contribution < 1.29 is 5.11 Å². The zero-order valence-corrected chi connectivity index (χ0v) is 17.7. The summed E-state index contributed by atoms with van der Waals surface area (Å²) in [5.74, 6) is 0.709. The molecule has 1 unspecified atom stereocenters. The van der Waals surface area contributed by atoms with Crippen molar-refractivity contribution in [3.63, 3.8) is 0 Å². The zero-order chi connectivity index (χ0) is 20.8. The normalized spacial score (nSPS) is 17.9. The molecular formula is C24H27ClN4O. The van der Waals surface area contributed by atoms with E-state index >= 15 is 0 Å². The fraction of sp³-hybridized carbons (Fsp3) is 0.333. The number of aromatic nitrogens is 2. The molecule has 1 aromatic heterocycles. The predicted molar refractivity (Wildman–Crippen MR) is 120 cm³/mol. The van der Waals surface area contributed by atoms with Crippen LogP contribution in [0.5, 0.6) is 0 Å². The van der Waals surface area contributed by atoms with Gasteiger partial charge in [-0.3, -0.25) is 9.80 Å². The lowest BCUT2D eigenvalue weighted by Gasteiger charge is -2.41. The highest BCUT2D eigenvalue weighted by molar-refractivity contribution is 6.30. The fourth-order valence-corrected chi connectivity index (χ4v) is 4.12. The van der Waals surface area contributed by atoms with Crippen LogP contribution < -0.4 is 0 Å². The minimum atomic E-state index is 0.211. The van der Waals surface area contributed by atoms with Crippen molar-refractivity contribution in [1.29, 1.82) is 0 Å². The van der Waals surface area contributed by atoms with Gasteiger partial charge in [-0.05, 0) is 36.2 Å². The molecule has 2 aromatic carbocycles. The number of benzene rings is 2. The van der Waals surface area contributed by atoms with Crippen LogP contribution in [0.1, 0.15) is 17.5 Å².